The van der Waals surface area contributed by atoms with Crippen LogP contribution in [0.25, 0.3) is 0 Å². The van der Waals surface area contributed by atoms with E-state index in [0.717, 1.165) is 22.9 Å². The third kappa shape index (κ3) is 3.70. The molecule has 3 heterocycles. The zero-order chi connectivity index (χ0) is 14.7. The molecule has 110 valence electrons. The van der Waals surface area contributed by atoms with Gasteiger partial charge in [0.2, 0.25) is 11.0 Å². The van der Waals surface area contributed by atoms with E-state index in [0.29, 0.717) is 16.6 Å². The number of carbonyl (C=O) groups is 1. The van der Waals surface area contributed by atoms with Gasteiger partial charge in [0.25, 0.3) is 5.91 Å². The van der Waals surface area contributed by atoms with Gasteiger partial charge in [-0.05, 0) is 25.2 Å². The SMILES string of the molecule is Cc1nnc(NC(=O)c2ccnc(OC3CCSC3)c2)s1. The first kappa shape index (κ1) is 14.3. The summed E-state index contributed by atoms with van der Waals surface area (Å²) in [4.78, 5) is 16.3. The highest BCUT2D eigenvalue weighted by Gasteiger charge is 2.18. The molecule has 0 aliphatic carbocycles. The van der Waals surface area contributed by atoms with Crippen molar-refractivity contribution in [2.24, 2.45) is 0 Å². The number of anilines is 1. The third-order valence-electron chi connectivity index (χ3n) is 2.92. The molecule has 1 atom stereocenters. The van der Waals surface area contributed by atoms with Crippen molar-refractivity contribution in [1.29, 1.82) is 0 Å². The summed E-state index contributed by atoms with van der Waals surface area (Å²) in [6.45, 7) is 1.84. The first-order chi connectivity index (χ1) is 10.2. The van der Waals surface area contributed by atoms with Crippen molar-refractivity contribution >= 4 is 34.1 Å². The first-order valence-corrected chi connectivity index (χ1v) is 8.50. The molecule has 3 rings (SSSR count). The number of hydrogen-bond donors (Lipinski definition) is 1. The minimum atomic E-state index is -0.237. The summed E-state index contributed by atoms with van der Waals surface area (Å²) in [7, 11) is 0. The molecular weight excluding hydrogens is 308 g/mol. The molecule has 21 heavy (non-hydrogen) atoms. The van der Waals surface area contributed by atoms with Crippen LogP contribution in [0.3, 0.4) is 0 Å². The van der Waals surface area contributed by atoms with Crippen LogP contribution >= 0.6 is 23.1 Å². The van der Waals surface area contributed by atoms with E-state index in [1.165, 1.54) is 11.3 Å². The van der Waals surface area contributed by atoms with Crippen LogP contribution in [0.15, 0.2) is 18.3 Å². The van der Waals surface area contributed by atoms with Gasteiger partial charge in [-0.3, -0.25) is 10.1 Å². The van der Waals surface area contributed by atoms with Crippen LogP contribution in [0.1, 0.15) is 21.8 Å². The monoisotopic (exact) mass is 322 g/mol. The van der Waals surface area contributed by atoms with Crippen LogP contribution in [0.4, 0.5) is 5.13 Å². The van der Waals surface area contributed by atoms with Gasteiger partial charge >= 0.3 is 0 Å². The Hall–Kier alpha value is -1.67. The highest BCUT2D eigenvalue weighted by atomic mass is 32.2. The van der Waals surface area contributed by atoms with Gasteiger partial charge in [0.15, 0.2) is 0 Å². The molecule has 1 fully saturated rings. The second kappa shape index (κ2) is 6.40. The predicted octanol–water partition coefficient (Wildman–Crippen LogP) is 2.38. The number of amides is 1. The van der Waals surface area contributed by atoms with Crippen molar-refractivity contribution in [2.45, 2.75) is 19.4 Å². The Morgan fingerprint density at radius 2 is 2.38 bits per heavy atom. The number of nitrogens with zero attached hydrogens (tertiary/aromatic N) is 3. The van der Waals surface area contributed by atoms with Crippen molar-refractivity contribution in [3.63, 3.8) is 0 Å². The van der Waals surface area contributed by atoms with E-state index in [-0.39, 0.29) is 12.0 Å². The molecule has 0 saturated carbocycles. The minimum absolute atomic E-state index is 0.187. The molecule has 8 heteroatoms. The fraction of sp³-hybridized carbons (Fsp3) is 0.385. The summed E-state index contributed by atoms with van der Waals surface area (Å²) in [6, 6.07) is 3.31. The number of pyridine rings is 1. The Morgan fingerprint density at radius 3 is 3.10 bits per heavy atom. The van der Waals surface area contributed by atoms with E-state index in [4.69, 9.17) is 4.74 Å². The maximum atomic E-state index is 12.2. The van der Waals surface area contributed by atoms with Crippen molar-refractivity contribution in [3.05, 3.63) is 28.9 Å². The molecule has 1 saturated heterocycles. The molecule has 0 bridgehead atoms. The van der Waals surface area contributed by atoms with Crippen LogP contribution in [0.2, 0.25) is 0 Å². The first-order valence-electron chi connectivity index (χ1n) is 6.52. The van der Waals surface area contributed by atoms with Crippen LogP contribution in [0.5, 0.6) is 5.88 Å². The minimum Gasteiger partial charge on any atom is -0.473 e. The maximum Gasteiger partial charge on any atom is 0.257 e. The summed E-state index contributed by atoms with van der Waals surface area (Å²) in [5.41, 5.74) is 0.499. The number of nitrogens with one attached hydrogen (secondary N) is 1. The van der Waals surface area contributed by atoms with E-state index in [2.05, 4.69) is 20.5 Å². The zero-order valence-corrected chi connectivity index (χ0v) is 13.0. The smallest absolute Gasteiger partial charge is 0.257 e. The third-order valence-corrected chi connectivity index (χ3v) is 4.80. The molecule has 1 aliphatic heterocycles. The molecule has 6 nitrogen and oxygen atoms in total. The summed E-state index contributed by atoms with van der Waals surface area (Å²) < 4.78 is 5.78. The van der Waals surface area contributed by atoms with Crippen molar-refractivity contribution in [3.8, 4) is 5.88 Å². The second-order valence-corrected chi connectivity index (χ2v) is 6.90. The van der Waals surface area contributed by atoms with E-state index in [1.807, 2.05) is 18.7 Å². The molecule has 2 aromatic rings. The van der Waals surface area contributed by atoms with E-state index in [9.17, 15) is 4.79 Å². The summed E-state index contributed by atoms with van der Waals surface area (Å²) in [5.74, 6) is 2.34. The molecule has 2 aromatic heterocycles. The van der Waals surface area contributed by atoms with E-state index < -0.39 is 0 Å². The Labute approximate surface area is 130 Å². The Balaban J connectivity index is 1.68. The van der Waals surface area contributed by atoms with Gasteiger partial charge in [-0.1, -0.05) is 11.3 Å². The molecule has 1 aliphatic rings. The number of aromatic nitrogens is 3. The zero-order valence-electron chi connectivity index (χ0n) is 11.4. The second-order valence-electron chi connectivity index (χ2n) is 4.57. The molecule has 1 unspecified atom stereocenters. The molecule has 0 spiro atoms. The number of rotatable bonds is 4. The molecule has 1 N–H and O–H groups in total. The quantitative estimate of drug-likeness (QED) is 0.931. The maximum absolute atomic E-state index is 12.2. The van der Waals surface area contributed by atoms with E-state index >= 15 is 0 Å². The Kier molecular flexibility index (Phi) is 4.35. The van der Waals surface area contributed by atoms with Gasteiger partial charge in [-0.25, -0.2) is 4.98 Å². The van der Waals surface area contributed by atoms with Gasteiger partial charge in [-0.15, -0.1) is 10.2 Å². The number of carbonyl (C=O) groups excluding carboxylic acids is 1. The number of thioether (sulfide) groups is 1. The lowest BCUT2D eigenvalue weighted by molar-refractivity contribution is 0.102. The van der Waals surface area contributed by atoms with Gasteiger partial charge < -0.3 is 4.74 Å². The largest absolute Gasteiger partial charge is 0.473 e. The van der Waals surface area contributed by atoms with Gasteiger partial charge in [-0.2, -0.15) is 11.8 Å². The standard InChI is InChI=1S/C13H14N4O2S2/c1-8-16-17-13(21-8)15-12(18)9-2-4-14-11(6-9)19-10-3-5-20-7-10/h2,4,6,10H,3,5,7H2,1H3,(H,15,17,18). The Morgan fingerprint density at radius 1 is 1.48 bits per heavy atom. The molecule has 0 aromatic carbocycles. The fourth-order valence-electron chi connectivity index (χ4n) is 1.91. The van der Waals surface area contributed by atoms with Crippen LogP contribution in [-0.4, -0.2) is 38.7 Å². The van der Waals surface area contributed by atoms with Crippen LogP contribution < -0.4 is 10.1 Å². The van der Waals surface area contributed by atoms with Crippen molar-refractivity contribution in [1.82, 2.24) is 15.2 Å². The number of hydrogen-bond acceptors (Lipinski definition) is 7. The highest BCUT2D eigenvalue weighted by molar-refractivity contribution is 7.99. The molecular formula is C13H14N4O2S2. The summed E-state index contributed by atoms with van der Waals surface area (Å²) in [5, 5.41) is 11.8. The number of aryl methyl sites for hydroxylation is 1. The summed E-state index contributed by atoms with van der Waals surface area (Å²) in [6.07, 6.45) is 2.79. The van der Waals surface area contributed by atoms with Crippen LogP contribution in [0, 0.1) is 6.92 Å². The normalized spacial score (nSPS) is 17.7. The van der Waals surface area contributed by atoms with Crippen LogP contribution in [-0.2, 0) is 0 Å². The van der Waals surface area contributed by atoms with Gasteiger partial charge in [0.1, 0.15) is 11.1 Å². The van der Waals surface area contributed by atoms with Gasteiger partial charge in [0.05, 0.1) is 0 Å². The topological polar surface area (TPSA) is 77.0 Å². The lowest BCUT2D eigenvalue weighted by atomic mass is 10.2. The average Bonchev–Trinajstić information content (AvgIpc) is 3.11. The molecule has 1 amide bonds. The Bertz CT molecular complexity index is 641. The van der Waals surface area contributed by atoms with E-state index in [1.54, 1.807) is 18.3 Å². The fourth-order valence-corrected chi connectivity index (χ4v) is 3.59. The van der Waals surface area contributed by atoms with Crippen molar-refractivity contribution < 1.29 is 9.53 Å². The van der Waals surface area contributed by atoms with Crippen molar-refractivity contribution in [2.75, 3.05) is 16.8 Å². The lowest BCUT2D eigenvalue weighted by Gasteiger charge is -2.11. The molecule has 0 radical (unpaired) electrons. The number of ether oxygens (including phenoxy) is 1. The summed E-state index contributed by atoms with van der Waals surface area (Å²) >= 11 is 3.21. The highest BCUT2D eigenvalue weighted by Crippen LogP contribution is 2.22. The van der Waals surface area contributed by atoms with Gasteiger partial charge in [0, 0.05) is 23.6 Å². The predicted molar refractivity (Wildman–Crippen MR) is 83.2 cm³/mol. The lowest BCUT2D eigenvalue weighted by Crippen LogP contribution is -2.17. The average molecular weight is 322 g/mol.